The Morgan fingerprint density at radius 1 is 0.750 bits per heavy atom. The lowest BCUT2D eigenvalue weighted by Gasteiger charge is -2.44. The fourth-order valence-electron chi connectivity index (χ4n) is 4.30. The molecule has 0 unspecified atom stereocenters. The second kappa shape index (κ2) is 10.2. The van der Waals surface area contributed by atoms with E-state index >= 15 is 0 Å². The zero-order valence-corrected chi connectivity index (χ0v) is 14.9. The standard InChI is InChI=1S/C18H34BrN/c19-14-8-4-2-1-3-5-9-15-20-16-10-12-17-11-6-7-13-18(17)20/h17-18H,1-16H2/t17-,18-/m1/s1. The number of nitrogens with zero attached hydrogens (tertiary/aromatic N) is 1. The zero-order chi connectivity index (χ0) is 14.0. The Kier molecular flexibility index (Phi) is 8.58. The molecule has 2 fully saturated rings. The highest BCUT2D eigenvalue weighted by Crippen LogP contribution is 2.35. The van der Waals surface area contributed by atoms with Crippen molar-refractivity contribution in [1.82, 2.24) is 4.90 Å². The summed E-state index contributed by atoms with van der Waals surface area (Å²) in [4.78, 5) is 2.86. The van der Waals surface area contributed by atoms with E-state index in [2.05, 4.69) is 20.8 Å². The molecule has 1 aliphatic carbocycles. The Morgan fingerprint density at radius 2 is 1.40 bits per heavy atom. The minimum Gasteiger partial charge on any atom is -0.300 e. The van der Waals surface area contributed by atoms with Crippen LogP contribution in [-0.4, -0.2) is 29.4 Å². The molecule has 1 saturated carbocycles. The smallest absolute Gasteiger partial charge is 0.0123 e. The Labute approximate surface area is 135 Å². The number of fused-ring (bicyclic) bond motifs is 1. The van der Waals surface area contributed by atoms with Gasteiger partial charge < -0.3 is 4.90 Å². The third-order valence-electron chi connectivity index (χ3n) is 5.44. The van der Waals surface area contributed by atoms with Crippen LogP contribution in [0.3, 0.4) is 0 Å². The monoisotopic (exact) mass is 343 g/mol. The Morgan fingerprint density at radius 3 is 2.20 bits per heavy atom. The molecule has 0 N–H and O–H groups in total. The van der Waals surface area contributed by atoms with Crippen LogP contribution in [0.25, 0.3) is 0 Å². The Balaban J connectivity index is 1.52. The van der Waals surface area contributed by atoms with E-state index < -0.39 is 0 Å². The largest absolute Gasteiger partial charge is 0.300 e. The number of piperidine rings is 1. The second-order valence-corrected chi connectivity index (χ2v) is 7.75. The van der Waals surface area contributed by atoms with Gasteiger partial charge in [-0.25, -0.2) is 0 Å². The first kappa shape index (κ1) is 16.8. The average molecular weight is 344 g/mol. The van der Waals surface area contributed by atoms with Crippen molar-refractivity contribution < 1.29 is 0 Å². The molecule has 0 radical (unpaired) electrons. The fraction of sp³-hybridized carbons (Fsp3) is 1.00. The van der Waals surface area contributed by atoms with Gasteiger partial charge in [-0.05, 0) is 57.5 Å². The minimum atomic E-state index is 0.969. The summed E-state index contributed by atoms with van der Waals surface area (Å²) in [5.41, 5.74) is 0. The SMILES string of the molecule is BrCCCCCCCCCN1CCC[C@H]2CCCC[C@H]21. The molecule has 2 heteroatoms. The third-order valence-corrected chi connectivity index (χ3v) is 6.00. The van der Waals surface area contributed by atoms with Gasteiger partial charge in [-0.15, -0.1) is 0 Å². The Bertz CT molecular complexity index is 242. The first-order valence-electron chi connectivity index (χ1n) is 9.22. The van der Waals surface area contributed by atoms with Gasteiger partial charge in [0, 0.05) is 11.4 Å². The van der Waals surface area contributed by atoms with E-state index in [4.69, 9.17) is 0 Å². The second-order valence-electron chi connectivity index (χ2n) is 6.95. The quantitative estimate of drug-likeness (QED) is 0.379. The number of hydrogen-bond acceptors (Lipinski definition) is 1. The predicted molar refractivity (Wildman–Crippen MR) is 92.7 cm³/mol. The van der Waals surface area contributed by atoms with Crippen molar-refractivity contribution in [2.24, 2.45) is 5.92 Å². The molecule has 1 saturated heterocycles. The van der Waals surface area contributed by atoms with E-state index in [0.29, 0.717) is 0 Å². The van der Waals surface area contributed by atoms with Crippen LogP contribution >= 0.6 is 15.9 Å². The van der Waals surface area contributed by atoms with Crippen molar-refractivity contribution in [3.63, 3.8) is 0 Å². The van der Waals surface area contributed by atoms with Crippen molar-refractivity contribution in [2.45, 2.75) is 89.5 Å². The Hall–Kier alpha value is 0.440. The molecule has 1 nitrogen and oxygen atoms in total. The summed E-state index contributed by atoms with van der Waals surface area (Å²) in [6.07, 6.45) is 19.0. The number of hydrogen-bond donors (Lipinski definition) is 0. The van der Waals surface area contributed by atoms with E-state index in [1.54, 1.807) is 0 Å². The summed E-state index contributed by atoms with van der Waals surface area (Å²) < 4.78 is 0. The molecule has 2 aliphatic rings. The van der Waals surface area contributed by atoms with Crippen LogP contribution in [0.2, 0.25) is 0 Å². The maximum absolute atomic E-state index is 3.51. The van der Waals surface area contributed by atoms with Gasteiger partial charge in [-0.2, -0.15) is 0 Å². The number of alkyl halides is 1. The van der Waals surface area contributed by atoms with Crippen LogP contribution in [0, 0.1) is 5.92 Å². The summed E-state index contributed by atoms with van der Waals surface area (Å²) >= 11 is 3.51. The molecular weight excluding hydrogens is 310 g/mol. The summed E-state index contributed by atoms with van der Waals surface area (Å²) in [7, 11) is 0. The zero-order valence-electron chi connectivity index (χ0n) is 13.3. The van der Waals surface area contributed by atoms with Crippen LogP contribution in [0.5, 0.6) is 0 Å². The number of halogens is 1. The van der Waals surface area contributed by atoms with Gasteiger partial charge in [0.1, 0.15) is 0 Å². The van der Waals surface area contributed by atoms with Crippen LogP contribution in [0.15, 0.2) is 0 Å². The van der Waals surface area contributed by atoms with E-state index in [1.807, 2.05) is 0 Å². The highest BCUT2D eigenvalue weighted by molar-refractivity contribution is 9.09. The molecule has 0 aromatic carbocycles. The van der Waals surface area contributed by atoms with Crippen LogP contribution in [0.1, 0.15) is 83.5 Å². The van der Waals surface area contributed by atoms with E-state index in [-0.39, 0.29) is 0 Å². The maximum atomic E-state index is 3.51. The van der Waals surface area contributed by atoms with Gasteiger partial charge >= 0.3 is 0 Å². The first-order valence-corrected chi connectivity index (χ1v) is 10.3. The van der Waals surface area contributed by atoms with Crippen LogP contribution < -0.4 is 0 Å². The third kappa shape index (κ3) is 5.67. The van der Waals surface area contributed by atoms with Gasteiger partial charge in [0.15, 0.2) is 0 Å². The van der Waals surface area contributed by atoms with Gasteiger partial charge in [0.2, 0.25) is 0 Å². The van der Waals surface area contributed by atoms with Crippen molar-refractivity contribution in [3.8, 4) is 0 Å². The van der Waals surface area contributed by atoms with Crippen LogP contribution in [0.4, 0.5) is 0 Å². The van der Waals surface area contributed by atoms with Gasteiger partial charge in [-0.1, -0.05) is 60.9 Å². The van der Waals surface area contributed by atoms with E-state index in [9.17, 15) is 0 Å². The molecule has 2 rings (SSSR count). The molecular formula is C18H34BrN. The molecule has 1 heterocycles. The number of rotatable bonds is 9. The van der Waals surface area contributed by atoms with Gasteiger partial charge in [0.25, 0.3) is 0 Å². The lowest BCUT2D eigenvalue weighted by Crippen LogP contribution is -2.46. The molecule has 2 atom stereocenters. The van der Waals surface area contributed by atoms with Crippen molar-refractivity contribution in [2.75, 3.05) is 18.4 Å². The normalized spacial score (nSPS) is 27.4. The van der Waals surface area contributed by atoms with Crippen molar-refractivity contribution in [3.05, 3.63) is 0 Å². The molecule has 1 aliphatic heterocycles. The average Bonchev–Trinajstić information content (AvgIpc) is 2.50. The molecule has 118 valence electrons. The predicted octanol–water partition coefficient (Wildman–Crippen LogP) is 5.77. The molecule has 20 heavy (non-hydrogen) atoms. The van der Waals surface area contributed by atoms with E-state index in [1.165, 1.54) is 102 Å². The minimum absolute atomic E-state index is 0.969. The highest BCUT2D eigenvalue weighted by atomic mass is 79.9. The fourth-order valence-corrected chi connectivity index (χ4v) is 4.70. The molecule has 0 aromatic rings. The maximum Gasteiger partial charge on any atom is 0.0123 e. The molecule has 0 spiro atoms. The summed E-state index contributed by atoms with van der Waals surface area (Å²) in [5.74, 6) is 1.06. The lowest BCUT2D eigenvalue weighted by molar-refractivity contribution is 0.0595. The topological polar surface area (TPSA) is 3.24 Å². The van der Waals surface area contributed by atoms with Crippen molar-refractivity contribution >= 4 is 15.9 Å². The number of unbranched alkanes of at least 4 members (excludes halogenated alkanes) is 6. The van der Waals surface area contributed by atoms with Gasteiger partial charge in [-0.3, -0.25) is 0 Å². The first-order chi connectivity index (χ1) is 9.92. The summed E-state index contributed by atoms with van der Waals surface area (Å²) in [6, 6.07) is 0.969. The number of likely N-dealkylation sites (tertiary alicyclic amines) is 1. The summed E-state index contributed by atoms with van der Waals surface area (Å²) in [5, 5.41) is 1.19. The van der Waals surface area contributed by atoms with E-state index in [0.717, 1.165) is 12.0 Å². The lowest BCUT2D eigenvalue weighted by atomic mass is 9.78. The van der Waals surface area contributed by atoms with Gasteiger partial charge in [0.05, 0.1) is 0 Å². The van der Waals surface area contributed by atoms with Crippen molar-refractivity contribution in [1.29, 1.82) is 0 Å². The summed E-state index contributed by atoms with van der Waals surface area (Å²) in [6.45, 7) is 2.79. The molecule has 0 amide bonds. The molecule has 0 aromatic heterocycles. The van der Waals surface area contributed by atoms with Crippen LogP contribution in [-0.2, 0) is 0 Å². The highest BCUT2D eigenvalue weighted by Gasteiger charge is 2.32. The molecule has 0 bridgehead atoms.